The van der Waals surface area contributed by atoms with Crippen LogP contribution in [-0.4, -0.2) is 57.6 Å². The normalized spacial score (nSPS) is 37.0. The van der Waals surface area contributed by atoms with E-state index in [4.69, 9.17) is 4.74 Å². The van der Waals surface area contributed by atoms with Crippen LogP contribution in [0.15, 0.2) is 0 Å². The molecule has 0 heterocycles. The number of rotatable bonds is 8. The first kappa shape index (κ1) is 17.2. The van der Waals surface area contributed by atoms with Crippen molar-refractivity contribution in [3.8, 4) is 0 Å². The van der Waals surface area contributed by atoms with E-state index in [9.17, 15) is 20.4 Å². The van der Waals surface area contributed by atoms with Crippen LogP contribution in [0.3, 0.4) is 0 Å². The van der Waals surface area contributed by atoms with Crippen LogP contribution in [0.5, 0.6) is 0 Å². The average Bonchev–Trinajstić information content (AvgIpc) is 3.20. The van der Waals surface area contributed by atoms with Gasteiger partial charge in [-0.1, -0.05) is 26.2 Å². The second-order valence-corrected chi connectivity index (χ2v) is 6.82. The molecule has 5 nitrogen and oxygen atoms in total. The van der Waals surface area contributed by atoms with Crippen molar-refractivity contribution in [2.75, 3.05) is 13.2 Å². The number of aliphatic hydroxyl groups excluding tert-OH is 3. The Kier molecular flexibility index (Phi) is 6.03. The summed E-state index contributed by atoms with van der Waals surface area (Å²) in [6.07, 6.45) is 4.89. The molecule has 0 amide bonds. The summed E-state index contributed by atoms with van der Waals surface area (Å²) >= 11 is 0. The van der Waals surface area contributed by atoms with Crippen LogP contribution in [0.1, 0.15) is 51.9 Å². The molecule has 0 aliphatic heterocycles. The van der Waals surface area contributed by atoms with Gasteiger partial charge in [-0.25, -0.2) is 0 Å². The topological polar surface area (TPSA) is 90.2 Å². The second kappa shape index (κ2) is 7.38. The average molecular weight is 302 g/mol. The van der Waals surface area contributed by atoms with Crippen LogP contribution in [0.4, 0.5) is 0 Å². The molecule has 2 saturated carbocycles. The third-order valence-corrected chi connectivity index (χ3v) is 5.27. The summed E-state index contributed by atoms with van der Waals surface area (Å²) < 4.78 is 5.92. The maximum absolute atomic E-state index is 10.7. The Labute approximate surface area is 126 Å². The summed E-state index contributed by atoms with van der Waals surface area (Å²) in [4.78, 5) is 0. The predicted molar refractivity (Wildman–Crippen MR) is 78.8 cm³/mol. The van der Waals surface area contributed by atoms with E-state index in [0.29, 0.717) is 6.42 Å². The van der Waals surface area contributed by atoms with Crippen LogP contribution in [0.2, 0.25) is 0 Å². The number of hydrogen-bond donors (Lipinski definition) is 4. The van der Waals surface area contributed by atoms with Crippen molar-refractivity contribution >= 4 is 0 Å². The number of hydrogen-bond acceptors (Lipinski definition) is 5. The Morgan fingerprint density at radius 1 is 1.19 bits per heavy atom. The minimum atomic E-state index is -1.42. The van der Waals surface area contributed by atoms with Crippen molar-refractivity contribution in [2.45, 2.75) is 75.8 Å². The molecule has 4 atom stereocenters. The SMILES string of the molecule is CCC1CCC(C(OC2CC2O)C(O)(CO)CCO)CC1. The molecule has 2 aliphatic rings. The summed E-state index contributed by atoms with van der Waals surface area (Å²) in [5.74, 6) is 0.928. The highest BCUT2D eigenvalue weighted by Crippen LogP contribution is 2.40. The first-order chi connectivity index (χ1) is 10.0. The zero-order valence-electron chi connectivity index (χ0n) is 12.9. The van der Waals surface area contributed by atoms with Gasteiger partial charge >= 0.3 is 0 Å². The maximum Gasteiger partial charge on any atom is 0.116 e. The number of ether oxygens (including phenoxy) is 1. The summed E-state index contributed by atoms with van der Waals surface area (Å²) in [6, 6.07) is 0. The predicted octanol–water partition coefficient (Wildman–Crippen LogP) is 0.827. The molecule has 124 valence electrons. The van der Waals surface area contributed by atoms with Crippen LogP contribution < -0.4 is 0 Å². The van der Waals surface area contributed by atoms with Crippen molar-refractivity contribution in [1.29, 1.82) is 0 Å². The standard InChI is InChI=1S/C16H30O5/c1-2-11-3-5-12(6-4-11)15(21-14-9-13(14)19)16(20,10-18)7-8-17/h11-15,17-20H,2-10H2,1H3. The molecule has 0 spiro atoms. The fourth-order valence-electron chi connectivity index (χ4n) is 3.57. The van der Waals surface area contributed by atoms with E-state index in [-0.39, 0.29) is 25.0 Å². The Hall–Kier alpha value is -0.200. The van der Waals surface area contributed by atoms with Gasteiger partial charge in [0.05, 0.1) is 24.9 Å². The highest BCUT2D eigenvalue weighted by molar-refractivity contribution is 4.97. The molecular weight excluding hydrogens is 272 g/mol. The first-order valence-corrected chi connectivity index (χ1v) is 8.31. The molecule has 2 rings (SSSR count). The lowest BCUT2D eigenvalue weighted by Gasteiger charge is -2.42. The Balaban J connectivity index is 2.04. The lowest BCUT2D eigenvalue weighted by Crippen LogP contribution is -2.52. The zero-order chi connectivity index (χ0) is 15.5. The van der Waals surface area contributed by atoms with Crippen molar-refractivity contribution in [2.24, 2.45) is 11.8 Å². The largest absolute Gasteiger partial charge is 0.396 e. The Morgan fingerprint density at radius 3 is 2.24 bits per heavy atom. The summed E-state index contributed by atoms with van der Waals surface area (Å²) in [6.45, 7) is 1.60. The quantitative estimate of drug-likeness (QED) is 0.533. The molecular formula is C16H30O5. The smallest absolute Gasteiger partial charge is 0.116 e. The third-order valence-electron chi connectivity index (χ3n) is 5.27. The molecule has 0 saturated heterocycles. The highest BCUT2D eigenvalue weighted by Gasteiger charge is 2.48. The molecule has 2 fully saturated rings. The molecule has 4 unspecified atom stereocenters. The lowest BCUT2D eigenvalue weighted by molar-refractivity contribution is -0.174. The van der Waals surface area contributed by atoms with E-state index >= 15 is 0 Å². The molecule has 0 radical (unpaired) electrons. The van der Waals surface area contributed by atoms with E-state index in [1.165, 1.54) is 6.42 Å². The van der Waals surface area contributed by atoms with Gasteiger partial charge < -0.3 is 25.2 Å². The van der Waals surface area contributed by atoms with Gasteiger partial charge in [0.15, 0.2) is 0 Å². The van der Waals surface area contributed by atoms with Crippen molar-refractivity contribution < 1.29 is 25.2 Å². The van der Waals surface area contributed by atoms with E-state index < -0.39 is 24.4 Å². The molecule has 0 aromatic carbocycles. The monoisotopic (exact) mass is 302 g/mol. The fraction of sp³-hybridized carbons (Fsp3) is 1.00. The van der Waals surface area contributed by atoms with Crippen molar-refractivity contribution in [1.82, 2.24) is 0 Å². The van der Waals surface area contributed by atoms with Gasteiger partial charge in [0.2, 0.25) is 0 Å². The minimum Gasteiger partial charge on any atom is -0.396 e. The van der Waals surface area contributed by atoms with Gasteiger partial charge in [0.1, 0.15) is 5.60 Å². The van der Waals surface area contributed by atoms with E-state index in [1.54, 1.807) is 0 Å². The molecule has 0 aromatic heterocycles. The van der Waals surface area contributed by atoms with Gasteiger partial charge in [-0.2, -0.15) is 0 Å². The van der Waals surface area contributed by atoms with E-state index in [1.807, 2.05) is 0 Å². The third kappa shape index (κ3) is 4.17. The fourth-order valence-corrected chi connectivity index (χ4v) is 3.57. The summed E-state index contributed by atoms with van der Waals surface area (Å²) in [5.41, 5.74) is -1.42. The molecule has 2 aliphatic carbocycles. The van der Waals surface area contributed by atoms with Gasteiger partial charge in [0, 0.05) is 19.4 Å². The summed E-state index contributed by atoms with van der Waals surface area (Å²) in [7, 11) is 0. The van der Waals surface area contributed by atoms with Crippen LogP contribution in [-0.2, 0) is 4.74 Å². The van der Waals surface area contributed by atoms with Crippen molar-refractivity contribution in [3.63, 3.8) is 0 Å². The van der Waals surface area contributed by atoms with Crippen LogP contribution >= 0.6 is 0 Å². The van der Waals surface area contributed by atoms with Crippen molar-refractivity contribution in [3.05, 3.63) is 0 Å². The van der Waals surface area contributed by atoms with Gasteiger partial charge in [0.25, 0.3) is 0 Å². The van der Waals surface area contributed by atoms with E-state index in [2.05, 4.69) is 6.92 Å². The highest BCUT2D eigenvalue weighted by atomic mass is 16.5. The van der Waals surface area contributed by atoms with Gasteiger partial charge in [-0.3, -0.25) is 0 Å². The molecule has 21 heavy (non-hydrogen) atoms. The van der Waals surface area contributed by atoms with Crippen LogP contribution in [0.25, 0.3) is 0 Å². The lowest BCUT2D eigenvalue weighted by atomic mass is 9.73. The minimum absolute atomic E-state index is 0.102. The Bertz CT molecular complexity index is 316. The molecule has 0 bridgehead atoms. The Morgan fingerprint density at radius 2 is 1.81 bits per heavy atom. The van der Waals surface area contributed by atoms with Crippen LogP contribution in [0, 0.1) is 11.8 Å². The second-order valence-electron chi connectivity index (χ2n) is 6.82. The van der Waals surface area contributed by atoms with Gasteiger partial charge in [-0.05, 0) is 24.7 Å². The summed E-state index contributed by atoms with van der Waals surface area (Å²) in [5, 5.41) is 39.0. The molecule has 4 N–H and O–H groups in total. The maximum atomic E-state index is 10.7. The molecule has 5 heteroatoms. The van der Waals surface area contributed by atoms with Gasteiger partial charge in [-0.15, -0.1) is 0 Å². The number of aliphatic hydroxyl groups is 4. The first-order valence-electron chi connectivity index (χ1n) is 8.31. The zero-order valence-corrected chi connectivity index (χ0v) is 12.9. The molecule has 0 aromatic rings. The van der Waals surface area contributed by atoms with E-state index in [0.717, 1.165) is 31.6 Å².